The van der Waals surface area contributed by atoms with Crippen molar-refractivity contribution in [2.75, 3.05) is 38.5 Å². The highest BCUT2D eigenvalue weighted by molar-refractivity contribution is 7.89. The molecule has 1 amide bonds. The number of piperazine rings is 1. The Balaban J connectivity index is 2.13. The van der Waals surface area contributed by atoms with Crippen LogP contribution in [-0.2, 0) is 14.8 Å². The zero-order valence-electron chi connectivity index (χ0n) is 17.3. The van der Waals surface area contributed by atoms with Crippen molar-refractivity contribution in [1.29, 1.82) is 0 Å². The number of likely N-dealkylation sites (N-methyl/N-ethyl adjacent to an activating group) is 1. The highest BCUT2D eigenvalue weighted by atomic mass is 32.2. The van der Waals surface area contributed by atoms with Crippen LogP contribution in [0.2, 0.25) is 0 Å². The minimum atomic E-state index is -3.53. The van der Waals surface area contributed by atoms with Gasteiger partial charge in [0.2, 0.25) is 15.9 Å². The number of hydrogen-bond acceptors (Lipinski definition) is 4. The van der Waals surface area contributed by atoms with E-state index in [1.165, 1.54) is 16.4 Å². The van der Waals surface area contributed by atoms with Gasteiger partial charge in [0.25, 0.3) is 0 Å². The van der Waals surface area contributed by atoms with Gasteiger partial charge in [0.15, 0.2) is 0 Å². The first-order chi connectivity index (χ1) is 13.8. The molecule has 6 nitrogen and oxygen atoms in total. The summed E-state index contributed by atoms with van der Waals surface area (Å²) in [6.07, 6.45) is 11.2. The Morgan fingerprint density at radius 1 is 1.24 bits per heavy atom. The molecule has 0 aromatic heterocycles. The maximum atomic E-state index is 12.8. The topological polar surface area (TPSA) is 69.7 Å². The van der Waals surface area contributed by atoms with E-state index in [-0.39, 0.29) is 16.7 Å². The average molecular weight is 416 g/mol. The number of carbonyl (C=O) groups excluding carboxylic acids is 1. The van der Waals surface area contributed by atoms with Crippen LogP contribution in [0, 0.1) is 18.3 Å². The van der Waals surface area contributed by atoms with E-state index in [0.717, 1.165) is 5.57 Å². The van der Waals surface area contributed by atoms with Gasteiger partial charge in [0.05, 0.1) is 10.8 Å². The fourth-order valence-electron chi connectivity index (χ4n) is 3.24. The van der Waals surface area contributed by atoms with Crippen LogP contribution in [0.4, 0.5) is 5.69 Å². The molecule has 0 saturated carbocycles. The van der Waals surface area contributed by atoms with Gasteiger partial charge in [0.1, 0.15) is 0 Å². The van der Waals surface area contributed by atoms with E-state index < -0.39 is 10.0 Å². The Hall–Kier alpha value is -2.40. The van der Waals surface area contributed by atoms with Crippen molar-refractivity contribution < 1.29 is 13.2 Å². The van der Waals surface area contributed by atoms with Gasteiger partial charge < -0.3 is 10.2 Å². The number of allylic oxidation sites excluding steroid dienone is 3. The standard InChI is InChI=1S/C22H29N3O3S/c1-5-8-18(9-6-2)21(7-3)22(26)23-19-10-12-20(13-11-19)29(27,28)25-16-14-24(4)15-17-25/h1,6,8-13,21H,7,14-17H2,2-4H3,(H,23,26)/b9-6-,18-8+. The lowest BCUT2D eigenvalue weighted by Crippen LogP contribution is -2.46. The summed E-state index contributed by atoms with van der Waals surface area (Å²) in [5.41, 5.74) is 1.32. The van der Waals surface area contributed by atoms with Crippen molar-refractivity contribution >= 4 is 21.6 Å². The monoisotopic (exact) mass is 415 g/mol. The molecule has 1 fully saturated rings. The molecule has 1 unspecified atom stereocenters. The third kappa shape index (κ3) is 5.80. The van der Waals surface area contributed by atoms with Crippen LogP contribution in [0.3, 0.4) is 0 Å². The first kappa shape index (κ1) is 22.9. The van der Waals surface area contributed by atoms with Crippen molar-refractivity contribution in [2.24, 2.45) is 5.92 Å². The lowest BCUT2D eigenvalue weighted by Gasteiger charge is -2.31. The normalized spacial score (nSPS) is 17.8. The molecule has 2 rings (SSSR count). The van der Waals surface area contributed by atoms with Gasteiger partial charge in [-0.15, -0.1) is 6.42 Å². The van der Waals surface area contributed by atoms with Crippen molar-refractivity contribution in [3.63, 3.8) is 0 Å². The number of terminal acetylenes is 1. The molecule has 0 aliphatic carbocycles. The van der Waals surface area contributed by atoms with E-state index in [9.17, 15) is 13.2 Å². The van der Waals surface area contributed by atoms with Gasteiger partial charge in [-0.25, -0.2) is 8.42 Å². The molecule has 29 heavy (non-hydrogen) atoms. The zero-order chi connectivity index (χ0) is 21.4. The Kier molecular flexibility index (Phi) is 8.21. The maximum Gasteiger partial charge on any atom is 0.243 e. The smallest absolute Gasteiger partial charge is 0.243 e. The molecule has 0 spiro atoms. The second-order valence-electron chi connectivity index (χ2n) is 6.99. The van der Waals surface area contributed by atoms with Crippen molar-refractivity contribution in [3.05, 3.63) is 48.1 Å². The van der Waals surface area contributed by atoms with Crippen LogP contribution < -0.4 is 5.32 Å². The second kappa shape index (κ2) is 10.4. The van der Waals surface area contributed by atoms with E-state index in [1.807, 2.05) is 33.0 Å². The summed E-state index contributed by atoms with van der Waals surface area (Å²) in [6.45, 7) is 6.17. The van der Waals surface area contributed by atoms with E-state index in [0.29, 0.717) is 38.3 Å². The third-order valence-corrected chi connectivity index (χ3v) is 6.87. The molecule has 156 valence electrons. The fourth-order valence-corrected chi connectivity index (χ4v) is 4.67. The Bertz CT molecular complexity index is 904. The Morgan fingerprint density at radius 3 is 2.38 bits per heavy atom. The van der Waals surface area contributed by atoms with Gasteiger partial charge in [-0.2, -0.15) is 4.31 Å². The predicted molar refractivity (Wildman–Crippen MR) is 117 cm³/mol. The number of benzene rings is 1. The molecule has 1 N–H and O–H groups in total. The number of amides is 1. The van der Waals surface area contributed by atoms with Crippen molar-refractivity contribution in [3.8, 4) is 12.3 Å². The summed E-state index contributed by atoms with van der Waals surface area (Å²) < 4.78 is 27.1. The summed E-state index contributed by atoms with van der Waals surface area (Å²) in [7, 11) is -1.55. The molecule has 1 aliphatic rings. The number of hydrogen-bond donors (Lipinski definition) is 1. The van der Waals surface area contributed by atoms with Crippen molar-refractivity contribution in [1.82, 2.24) is 9.21 Å². The van der Waals surface area contributed by atoms with Gasteiger partial charge in [-0.3, -0.25) is 4.79 Å². The summed E-state index contributed by atoms with van der Waals surface area (Å²) >= 11 is 0. The highest BCUT2D eigenvalue weighted by Gasteiger charge is 2.27. The number of nitrogens with zero attached hydrogens (tertiary/aromatic N) is 2. The molecule has 1 aromatic rings. The summed E-state index contributed by atoms with van der Waals surface area (Å²) in [5.74, 6) is 1.92. The van der Waals surface area contributed by atoms with Gasteiger partial charge in [0, 0.05) is 31.9 Å². The molecule has 1 aromatic carbocycles. The van der Waals surface area contributed by atoms with Gasteiger partial charge in [-0.1, -0.05) is 25.0 Å². The van der Waals surface area contributed by atoms with Crippen LogP contribution in [0.25, 0.3) is 0 Å². The van der Waals surface area contributed by atoms with Crippen molar-refractivity contribution in [2.45, 2.75) is 25.2 Å². The Morgan fingerprint density at radius 2 is 1.86 bits per heavy atom. The molecule has 1 heterocycles. The first-order valence-electron chi connectivity index (χ1n) is 9.72. The molecule has 1 atom stereocenters. The summed E-state index contributed by atoms with van der Waals surface area (Å²) in [6, 6.07) is 6.31. The average Bonchev–Trinajstić information content (AvgIpc) is 2.69. The molecule has 0 bridgehead atoms. The summed E-state index contributed by atoms with van der Waals surface area (Å²) in [5, 5.41) is 2.86. The second-order valence-corrected chi connectivity index (χ2v) is 8.93. The molecule has 7 heteroatoms. The van der Waals surface area contributed by atoms with E-state index in [2.05, 4.69) is 16.1 Å². The molecule has 0 radical (unpaired) electrons. The van der Waals surface area contributed by atoms with Gasteiger partial charge >= 0.3 is 0 Å². The van der Waals surface area contributed by atoms with Crippen LogP contribution in [0.15, 0.2) is 53.0 Å². The largest absolute Gasteiger partial charge is 0.326 e. The number of carbonyl (C=O) groups is 1. The maximum absolute atomic E-state index is 12.8. The lowest BCUT2D eigenvalue weighted by molar-refractivity contribution is -0.118. The molecular weight excluding hydrogens is 386 g/mol. The Labute approximate surface area is 174 Å². The molecule has 1 saturated heterocycles. The number of rotatable bonds is 7. The fraction of sp³-hybridized carbons (Fsp3) is 0.409. The zero-order valence-corrected chi connectivity index (χ0v) is 18.1. The first-order valence-corrected chi connectivity index (χ1v) is 11.2. The lowest BCUT2D eigenvalue weighted by atomic mass is 9.94. The third-order valence-electron chi connectivity index (χ3n) is 4.96. The van der Waals surface area contributed by atoms with Crippen LogP contribution in [-0.4, -0.2) is 56.8 Å². The molecular formula is C22H29N3O3S. The number of nitrogens with one attached hydrogen (secondary N) is 1. The van der Waals surface area contributed by atoms with Crippen LogP contribution in [0.5, 0.6) is 0 Å². The van der Waals surface area contributed by atoms with Crippen LogP contribution >= 0.6 is 0 Å². The number of anilines is 1. The summed E-state index contributed by atoms with van der Waals surface area (Å²) in [4.78, 5) is 15.0. The number of sulfonamides is 1. The minimum absolute atomic E-state index is 0.179. The molecule has 1 aliphatic heterocycles. The van der Waals surface area contributed by atoms with E-state index >= 15 is 0 Å². The van der Waals surface area contributed by atoms with Gasteiger partial charge in [-0.05, 0) is 56.3 Å². The quantitative estimate of drug-likeness (QED) is 0.549. The van der Waals surface area contributed by atoms with E-state index in [4.69, 9.17) is 6.42 Å². The van der Waals surface area contributed by atoms with E-state index in [1.54, 1.807) is 18.2 Å². The van der Waals surface area contributed by atoms with Crippen LogP contribution in [0.1, 0.15) is 20.3 Å². The predicted octanol–water partition coefficient (Wildman–Crippen LogP) is 2.72. The minimum Gasteiger partial charge on any atom is -0.326 e. The SMILES string of the molecule is C#C/C=C(\C=C/C)C(CC)C(=O)Nc1ccc(S(=O)(=O)N2CCN(C)CC2)cc1. The highest BCUT2D eigenvalue weighted by Crippen LogP contribution is 2.22.